The predicted octanol–water partition coefficient (Wildman–Crippen LogP) is 1.80. The summed E-state index contributed by atoms with van der Waals surface area (Å²) in [4.78, 5) is 24.6. The highest BCUT2D eigenvalue weighted by Crippen LogP contribution is 2.31. The fraction of sp³-hybridized carbons (Fsp3) is 0.440. The van der Waals surface area contributed by atoms with Gasteiger partial charge in [0, 0.05) is 49.6 Å². The number of hydrogen-bond donors (Lipinski definition) is 3. The van der Waals surface area contributed by atoms with Crippen molar-refractivity contribution < 1.29 is 13.2 Å². The molecule has 3 aromatic heterocycles. The van der Waals surface area contributed by atoms with E-state index in [9.17, 15) is 13.2 Å². The molecule has 1 amide bonds. The Balaban J connectivity index is 1.42. The average Bonchev–Trinajstić information content (AvgIpc) is 3.46. The molecule has 0 spiro atoms. The van der Waals surface area contributed by atoms with Gasteiger partial charge in [-0.15, -0.1) is 0 Å². The molecule has 1 aromatic carbocycles. The van der Waals surface area contributed by atoms with Gasteiger partial charge in [-0.1, -0.05) is 6.92 Å². The van der Waals surface area contributed by atoms with Crippen molar-refractivity contribution in [1.29, 1.82) is 0 Å². The smallest absolute Gasteiger partial charge is 0.259 e. The molecule has 0 unspecified atom stereocenters. The first kappa shape index (κ1) is 26.1. The van der Waals surface area contributed by atoms with Crippen molar-refractivity contribution in [1.82, 2.24) is 34.2 Å². The molecule has 0 bridgehead atoms. The van der Waals surface area contributed by atoms with Crippen molar-refractivity contribution in [3.05, 3.63) is 47.7 Å². The lowest BCUT2D eigenvalue weighted by molar-refractivity contribution is 0.102. The number of aryl methyl sites for hydroxylation is 2. The highest BCUT2D eigenvalue weighted by Gasteiger charge is 2.24. The zero-order valence-electron chi connectivity index (χ0n) is 22.0. The number of aromatic nitrogens is 5. The Morgan fingerprint density at radius 1 is 1.13 bits per heavy atom. The van der Waals surface area contributed by atoms with Crippen molar-refractivity contribution in [2.45, 2.75) is 38.5 Å². The van der Waals surface area contributed by atoms with Gasteiger partial charge >= 0.3 is 0 Å². The molecule has 0 radical (unpaired) electrons. The van der Waals surface area contributed by atoms with E-state index in [1.54, 1.807) is 28.4 Å². The standard InChI is InChI=1S/C25H33N9O3S/c1-5-27-17-8-10-33(11-9-17)21-7-6-18(23-19(21)13-32(4)31-23)25(35)30-22-14-34-12-16(2)28-20(24(34)29-22)15-38(36,37)26-3/h6-7,12-14,17,26-27H,5,8-11,15H2,1-4H3,(H,30,35). The Hall–Kier alpha value is -3.55. The van der Waals surface area contributed by atoms with Gasteiger partial charge in [-0.3, -0.25) is 14.5 Å². The summed E-state index contributed by atoms with van der Waals surface area (Å²) in [7, 11) is -0.346. The molecule has 1 saturated heterocycles. The Kier molecular flexibility index (Phi) is 7.07. The molecule has 4 heterocycles. The van der Waals surface area contributed by atoms with Crippen LogP contribution in [0.4, 0.5) is 11.5 Å². The molecule has 3 N–H and O–H groups in total. The van der Waals surface area contributed by atoms with E-state index in [4.69, 9.17) is 0 Å². The van der Waals surface area contributed by atoms with E-state index in [0.717, 1.165) is 43.5 Å². The minimum atomic E-state index is -3.55. The summed E-state index contributed by atoms with van der Waals surface area (Å²) in [6.45, 7) is 6.75. The third kappa shape index (κ3) is 5.22. The van der Waals surface area contributed by atoms with Crippen molar-refractivity contribution in [3.63, 3.8) is 0 Å². The minimum absolute atomic E-state index is 0.296. The van der Waals surface area contributed by atoms with Crippen LogP contribution in [0.2, 0.25) is 0 Å². The molecular formula is C25H33N9O3S. The summed E-state index contributed by atoms with van der Waals surface area (Å²) in [5, 5.41) is 11.9. The summed E-state index contributed by atoms with van der Waals surface area (Å²) >= 11 is 0. The summed E-state index contributed by atoms with van der Waals surface area (Å²) in [5.41, 5.74) is 3.44. The van der Waals surface area contributed by atoms with Crippen LogP contribution >= 0.6 is 0 Å². The summed E-state index contributed by atoms with van der Waals surface area (Å²) in [5.74, 6) is -0.367. The van der Waals surface area contributed by atoms with E-state index in [-0.39, 0.29) is 11.7 Å². The van der Waals surface area contributed by atoms with Crippen molar-refractivity contribution in [3.8, 4) is 0 Å². The molecule has 1 fully saturated rings. The first-order chi connectivity index (χ1) is 18.2. The minimum Gasteiger partial charge on any atom is -0.371 e. The van der Waals surface area contributed by atoms with Gasteiger partial charge in [-0.25, -0.2) is 18.1 Å². The van der Waals surface area contributed by atoms with Gasteiger partial charge in [0.15, 0.2) is 11.5 Å². The van der Waals surface area contributed by atoms with Crippen LogP contribution in [-0.4, -0.2) is 71.2 Å². The predicted molar refractivity (Wildman–Crippen MR) is 147 cm³/mol. The van der Waals surface area contributed by atoms with Crippen LogP contribution in [0, 0.1) is 6.92 Å². The van der Waals surface area contributed by atoms with Gasteiger partial charge in [0.2, 0.25) is 10.0 Å². The number of nitrogens with zero attached hydrogens (tertiary/aromatic N) is 6. The summed E-state index contributed by atoms with van der Waals surface area (Å²) < 4.78 is 30.0. The van der Waals surface area contributed by atoms with E-state index in [1.807, 2.05) is 25.4 Å². The van der Waals surface area contributed by atoms with E-state index >= 15 is 0 Å². The van der Waals surface area contributed by atoms with Gasteiger partial charge in [0.05, 0.1) is 17.5 Å². The monoisotopic (exact) mass is 539 g/mol. The largest absolute Gasteiger partial charge is 0.371 e. The Morgan fingerprint density at radius 3 is 2.61 bits per heavy atom. The normalized spacial score (nSPS) is 15.0. The number of carbonyl (C=O) groups excluding carboxylic acids is 1. The number of anilines is 2. The molecule has 38 heavy (non-hydrogen) atoms. The zero-order chi connectivity index (χ0) is 27.0. The molecule has 12 nitrogen and oxygen atoms in total. The lowest BCUT2D eigenvalue weighted by Crippen LogP contribution is -2.42. The average molecular weight is 540 g/mol. The number of benzene rings is 1. The van der Waals surface area contributed by atoms with E-state index in [0.29, 0.717) is 40.0 Å². The Bertz CT molecular complexity index is 1600. The summed E-state index contributed by atoms with van der Waals surface area (Å²) in [6, 6.07) is 4.33. The molecule has 4 aromatic rings. The van der Waals surface area contributed by atoms with E-state index in [2.05, 4.69) is 42.2 Å². The van der Waals surface area contributed by atoms with Gasteiger partial charge in [0.25, 0.3) is 5.91 Å². The molecule has 13 heteroatoms. The number of imidazole rings is 1. The number of hydrogen-bond acceptors (Lipinski definition) is 8. The number of fused-ring (bicyclic) bond motifs is 2. The van der Waals surface area contributed by atoms with Crippen LogP contribution in [0.15, 0.2) is 30.7 Å². The topological polar surface area (TPSA) is 139 Å². The third-order valence-corrected chi connectivity index (χ3v) is 8.12. The van der Waals surface area contributed by atoms with Crippen LogP contribution in [0.5, 0.6) is 0 Å². The van der Waals surface area contributed by atoms with Crippen molar-refractivity contribution in [2.75, 3.05) is 36.9 Å². The van der Waals surface area contributed by atoms with Gasteiger partial charge in [0.1, 0.15) is 17.0 Å². The fourth-order valence-electron chi connectivity index (χ4n) is 5.07. The van der Waals surface area contributed by atoms with E-state index in [1.165, 1.54) is 7.05 Å². The highest BCUT2D eigenvalue weighted by atomic mass is 32.2. The molecule has 0 aliphatic carbocycles. The molecule has 202 valence electrons. The molecule has 5 rings (SSSR count). The number of nitrogens with one attached hydrogen (secondary N) is 3. The number of carbonyl (C=O) groups is 1. The lowest BCUT2D eigenvalue weighted by Gasteiger charge is -2.34. The SMILES string of the molecule is CCNC1CCN(c2ccc(C(=O)Nc3cn4cc(C)nc(CS(=O)(=O)NC)c4n3)c3nn(C)cc23)CC1. The van der Waals surface area contributed by atoms with Crippen molar-refractivity contribution in [2.24, 2.45) is 7.05 Å². The summed E-state index contributed by atoms with van der Waals surface area (Å²) in [6.07, 6.45) is 7.47. The van der Waals surface area contributed by atoms with Crippen LogP contribution in [0.25, 0.3) is 16.6 Å². The molecular weight excluding hydrogens is 506 g/mol. The quantitative estimate of drug-likeness (QED) is 0.308. The maximum Gasteiger partial charge on any atom is 0.259 e. The highest BCUT2D eigenvalue weighted by molar-refractivity contribution is 7.88. The number of rotatable bonds is 8. The molecule has 0 saturated carbocycles. The fourth-order valence-corrected chi connectivity index (χ4v) is 5.77. The van der Waals surface area contributed by atoms with E-state index < -0.39 is 10.0 Å². The van der Waals surface area contributed by atoms with Crippen LogP contribution in [0.1, 0.15) is 41.5 Å². The molecule has 1 aliphatic heterocycles. The number of amides is 1. The maximum atomic E-state index is 13.4. The molecule has 1 aliphatic rings. The number of piperidine rings is 1. The second-order valence-electron chi connectivity index (χ2n) is 9.62. The first-order valence-corrected chi connectivity index (χ1v) is 14.3. The van der Waals surface area contributed by atoms with Crippen molar-refractivity contribution >= 4 is 44.0 Å². The Morgan fingerprint density at radius 2 is 1.89 bits per heavy atom. The van der Waals surface area contributed by atoms with Gasteiger partial charge < -0.3 is 19.9 Å². The Labute approximate surface area is 221 Å². The van der Waals surface area contributed by atoms with Crippen LogP contribution in [0.3, 0.4) is 0 Å². The van der Waals surface area contributed by atoms with Crippen LogP contribution in [-0.2, 0) is 22.8 Å². The maximum absolute atomic E-state index is 13.4. The van der Waals surface area contributed by atoms with Gasteiger partial charge in [-0.2, -0.15) is 5.10 Å². The zero-order valence-corrected chi connectivity index (χ0v) is 22.8. The third-order valence-electron chi connectivity index (χ3n) is 6.85. The van der Waals surface area contributed by atoms with Gasteiger partial charge in [-0.05, 0) is 45.5 Å². The second kappa shape index (κ2) is 10.3. The number of sulfonamides is 1. The van der Waals surface area contributed by atoms with Crippen LogP contribution < -0.4 is 20.3 Å². The lowest BCUT2D eigenvalue weighted by atomic mass is 10.0. The molecule has 0 atom stereocenters. The first-order valence-electron chi connectivity index (χ1n) is 12.7. The second-order valence-corrected chi connectivity index (χ2v) is 11.5.